The van der Waals surface area contributed by atoms with Crippen LogP contribution in [0.1, 0.15) is 33.6 Å². The molecule has 0 aromatic carbocycles. The smallest absolute Gasteiger partial charge is 0.316 e. The molecule has 5 nitrogen and oxygen atoms in total. The third-order valence-corrected chi connectivity index (χ3v) is 3.85. The number of hydrogen-bond acceptors (Lipinski definition) is 3. The van der Waals surface area contributed by atoms with Gasteiger partial charge in [0.1, 0.15) is 5.92 Å². The van der Waals surface area contributed by atoms with E-state index in [2.05, 4.69) is 4.90 Å². The van der Waals surface area contributed by atoms with E-state index >= 15 is 0 Å². The van der Waals surface area contributed by atoms with Gasteiger partial charge in [0.05, 0.1) is 0 Å². The Morgan fingerprint density at radius 2 is 1.95 bits per heavy atom. The van der Waals surface area contributed by atoms with Crippen LogP contribution in [0.2, 0.25) is 0 Å². The summed E-state index contributed by atoms with van der Waals surface area (Å²) < 4.78 is 0. The fraction of sp³-hybridized carbons (Fsp3) is 0.857. The molecule has 2 unspecified atom stereocenters. The molecule has 1 saturated heterocycles. The first-order chi connectivity index (χ1) is 8.64. The van der Waals surface area contributed by atoms with Gasteiger partial charge in [-0.05, 0) is 31.8 Å². The van der Waals surface area contributed by atoms with Crippen LogP contribution in [0.5, 0.6) is 0 Å². The number of rotatable bonds is 3. The van der Waals surface area contributed by atoms with E-state index in [1.807, 2.05) is 7.05 Å². The highest BCUT2D eigenvalue weighted by Gasteiger charge is 2.41. The maximum atomic E-state index is 12.5. The molecule has 2 atom stereocenters. The molecule has 1 amide bonds. The Kier molecular flexibility index (Phi) is 4.96. The van der Waals surface area contributed by atoms with Crippen molar-refractivity contribution >= 4 is 11.9 Å². The van der Waals surface area contributed by atoms with Crippen LogP contribution in [0.25, 0.3) is 0 Å². The topological polar surface area (TPSA) is 60.9 Å². The van der Waals surface area contributed by atoms with E-state index in [4.69, 9.17) is 0 Å². The quantitative estimate of drug-likeness (QED) is 0.785. The molecular weight excluding hydrogens is 244 g/mol. The predicted octanol–water partition coefficient (Wildman–Crippen LogP) is 1.29. The molecule has 0 aromatic rings. The average molecular weight is 270 g/mol. The monoisotopic (exact) mass is 270 g/mol. The van der Waals surface area contributed by atoms with Crippen LogP contribution < -0.4 is 0 Å². The van der Waals surface area contributed by atoms with E-state index in [1.54, 1.807) is 32.7 Å². The summed E-state index contributed by atoms with van der Waals surface area (Å²) in [5.74, 6) is -2.29. The maximum Gasteiger partial charge on any atom is 0.316 e. The van der Waals surface area contributed by atoms with Crippen LogP contribution in [0.3, 0.4) is 0 Å². The molecule has 1 fully saturated rings. The number of hydrogen-bond donors (Lipinski definition) is 1. The minimum Gasteiger partial charge on any atom is -0.481 e. The van der Waals surface area contributed by atoms with Gasteiger partial charge >= 0.3 is 5.97 Å². The Balaban J connectivity index is 2.82. The third kappa shape index (κ3) is 3.93. The molecule has 5 heteroatoms. The van der Waals surface area contributed by atoms with E-state index in [0.29, 0.717) is 0 Å². The van der Waals surface area contributed by atoms with Crippen molar-refractivity contribution < 1.29 is 14.7 Å². The number of nitrogens with zero attached hydrogens (tertiary/aromatic N) is 2. The Morgan fingerprint density at radius 3 is 2.37 bits per heavy atom. The Morgan fingerprint density at radius 1 is 1.37 bits per heavy atom. The Labute approximate surface area is 115 Å². The van der Waals surface area contributed by atoms with Gasteiger partial charge in [-0.3, -0.25) is 9.59 Å². The van der Waals surface area contributed by atoms with Crippen molar-refractivity contribution in [3.8, 4) is 0 Å². The van der Waals surface area contributed by atoms with Crippen LogP contribution >= 0.6 is 0 Å². The highest BCUT2D eigenvalue weighted by atomic mass is 16.4. The summed E-state index contributed by atoms with van der Waals surface area (Å²) in [4.78, 5) is 27.7. The normalized spacial score (nSPS) is 22.9. The van der Waals surface area contributed by atoms with E-state index in [9.17, 15) is 14.7 Å². The fourth-order valence-electron chi connectivity index (χ4n) is 2.69. The molecular formula is C14H26N2O3. The summed E-state index contributed by atoms with van der Waals surface area (Å²) >= 11 is 0. The zero-order valence-corrected chi connectivity index (χ0v) is 12.6. The second kappa shape index (κ2) is 5.90. The van der Waals surface area contributed by atoms with Crippen molar-refractivity contribution in [2.45, 2.75) is 39.7 Å². The Hall–Kier alpha value is -1.10. The molecule has 0 aromatic heterocycles. The summed E-state index contributed by atoms with van der Waals surface area (Å²) in [6.07, 6.45) is 2.00. The lowest BCUT2D eigenvalue weighted by atomic mass is 9.79. The van der Waals surface area contributed by atoms with E-state index in [0.717, 1.165) is 25.9 Å². The van der Waals surface area contributed by atoms with Crippen LogP contribution in [0.15, 0.2) is 0 Å². The number of likely N-dealkylation sites (tertiary alicyclic amines) is 1. The fourth-order valence-corrected chi connectivity index (χ4v) is 2.69. The predicted molar refractivity (Wildman–Crippen MR) is 73.9 cm³/mol. The lowest BCUT2D eigenvalue weighted by Gasteiger charge is -2.38. The third-order valence-electron chi connectivity index (χ3n) is 3.85. The second-order valence-corrected chi connectivity index (χ2v) is 6.64. The largest absolute Gasteiger partial charge is 0.481 e. The van der Waals surface area contributed by atoms with Crippen molar-refractivity contribution in [1.29, 1.82) is 0 Å². The first-order valence-electron chi connectivity index (χ1n) is 6.82. The SMILES string of the molecule is CN1CCCC(N(C)C(=O)C(C(=O)O)C(C)(C)C)C1. The van der Waals surface area contributed by atoms with Crippen LogP contribution in [-0.2, 0) is 9.59 Å². The first-order valence-corrected chi connectivity index (χ1v) is 6.82. The van der Waals surface area contributed by atoms with Gasteiger partial charge in [-0.1, -0.05) is 20.8 Å². The van der Waals surface area contributed by atoms with Gasteiger partial charge < -0.3 is 14.9 Å². The average Bonchev–Trinajstić information content (AvgIpc) is 2.25. The zero-order valence-electron chi connectivity index (χ0n) is 12.6. The second-order valence-electron chi connectivity index (χ2n) is 6.64. The number of amides is 1. The molecule has 1 heterocycles. The molecule has 1 aliphatic heterocycles. The summed E-state index contributed by atoms with van der Waals surface area (Å²) in [7, 11) is 3.76. The first kappa shape index (κ1) is 16.0. The van der Waals surface area contributed by atoms with E-state index in [-0.39, 0.29) is 11.9 Å². The van der Waals surface area contributed by atoms with E-state index < -0.39 is 17.3 Å². The number of aliphatic carboxylic acids is 1. The maximum absolute atomic E-state index is 12.5. The number of carbonyl (C=O) groups excluding carboxylic acids is 1. The lowest BCUT2D eigenvalue weighted by Crippen LogP contribution is -2.52. The minimum atomic E-state index is -1.03. The van der Waals surface area contributed by atoms with E-state index in [1.165, 1.54) is 0 Å². The van der Waals surface area contributed by atoms with Crippen molar-refractivity contribution in [2.24, 2.45) is 11.3 Å². The van der Waals surface area contributed by atoms with Gasteiger partial charge in [0.15, 0.2) is 0 Å². The van der Waals surface area contributed by atoms with Gasteiger partial charge in [0.25, 0.3) is 0 Å². The van der Waals surface area contributed by atoms with Crippen LogP contribution in [0.4, 0.5) is 0 Å². The number of piperidine rings is 1. The van der Waals surface area contributed by atoms with Crippen LogP contribution in [-0.4, -0.2) is 60.0 Å². The molecule has 1 rings (SSSR count). The van der Waals surface area contributed by atoms with Gasteiger partial charge in [-0.15, -0.1) is 0 Å². The highest BCUT2D eigenvalue weighted by molar-refractivity contribution is 5.97. The highest BCUT2D eigenvalue weighted by Crippen LogP contribution is 2.29. The van der Waals surface area contributed by atoms with Gasteiger partial charge in [-0.2, -0.15) is 0 Å². The molecule has 0 saturated carbocycles. The zero-order chi connectivity index (χ0) is 14.8. The summed E-state index contributed by atoms with van der Waals surface area (Å²) in [6.45, 7) is 7.25. The lowest BCUT2D eigenvalue weighted by molar-refractivity contribution is -0.157. The molecule has 19 heavy (non-hydrogen) atoms. The molecule has 110 valence electrons. The molecule has 0 bridgehead atoms. The number of carbonyl (C=O) groups is 2. The van der Waals surface area contributed by atoms with Gasteiger partial charge in [0, 0.05) is 19.6 Å². The minimum absolute atomic E-state index is 0.121. The van der Waals surface area contributed by atoms with Crippen molar-refractivity contribution in [3.05, 3.63) is 0 Å². The summed E-state index contributed by atoms with van der Waals surface area (Å²) in [6, 6.07) is 0.121. The standard InChI is InChI=1S/C14H26N2O3/c1-14(2,3)11(13(18)19)12(17)16(5)10-7-6-8-15(4)9-10/h10-11H,6-9H2,1-5H3,(H,18,19). The van der Waals surface area contributed by atoms with Crippen molar-refractivity contribution in [1.82, 2.24) is 9.80 Å². The number of likely N-dealkylation sites (N-methyl/N-ethyl adjacent to an activating group) is 2. The molecule has 0 spiro atoms. The summed E-state index contributed by atoms with van der Waals surface area (Å²) in [5, 5.41) is 9.32. The number of carboxylic acids is 1. The van der Waals surface area contributed by atoms with Gasteiger partial charge in [-0.25, -0.2) is 0 Å². The Bertz CT molecular complexity index is 349. The van der Waals surface area contributed by atoms with Crippen LogP contribution in [0, 0.1) is 11.3 Å². The molecule has 1 N–H and O–H groups in total. The molecule has 1 aliphatic rings. The molecule has 0 aliphatic carbocycles. The summed E-state index contributed by atoms with van der Waals surface area (Å²) in [5.41, 5.74) is -0.572. The van der Waals surface area contributed by atoms with Crippen molar-refractivity contribution in [3.63, 3.8) is 0 Å². The van der Waals surface area contributed by atoms with Gasteiger partial charge in [0.2, 0.25) is 5.91 Å². The van der Waals surface area contributed by atoms with Crippen molar-refractivity contribution in [2.75, 3.05) is 27.2 Å². The molecule has 0 radical (unpaired) electrons. The number of carboxylic acid groups (broad SMARTS) is 1.